The van der Waals surface area contributed by atoms with Crippen LogP contribution in [0.2, 0.25) is 0 Å². The van der Waals surface area contributed by atoms with E-state index < -0.39 is 11.6 Å². The molecule has 0 saturated heterocycles. The van der Waals surface area contributed by atoms with Crippen LogP contribution >= 0.6 is 0 Å². The Morgan fingerprint density at radius 2 is 2.00 bits per heavy atom. The van der Waals surface area contributed by atoms with Gasteiger partial charge in [-0.2, -0.15) is 0 Å². The van der Waals surface area contributed by atoms with Crippen molar-refractivity contribution in [2.24, 2.45) is 5.84 Å². The van der Waals surface area contributed by atoms with Gasteiger partial charge < -0.3 is 10.7 Å². The number of hydrogen-bond acceptors (Lipinski definition) is 5. The predicted molar refractivity (Wildman–Crippen MR) is 68.3 cm³/mol. The average molecular weight is 265 g/mol. The van der Waals surface area contributed by atoms with Crippen LogP contribution in [0.15, 0.2) is 24.5 Å². The van der Waals surface area contributed by atoms with Crippen LogP contribution in [0, 0.1) is 18.6 Å². The Morgan fingerprint density at radius 3 is 2.68 bits per heavy atom. The topological polar surface area (TPSA) is 75.9 Å². The number of nitrogens with two attached hydrogens (primary N) is 1. The molecular formula is C12H13F2N5. The molecule has 7 heteroatoms. The maximum Gasteiger partial charge on any atom is 0.178 e. The summed E-state index contributed by atoms with van der Waals surface area (Å²) in [4.78, 5) is 7.69. The van der Waals surface area contributed by atoms with Crippen LogP contribution in [0.1, 0.15) is 11.1 Å². The minimum atomic E-state index is -0.842. The maximum absolute atomic E-state index is 13.5. The highest BCUT2D eigenvalue weighted by Gasteiger charge is 2.11. The van der Waals surface area contributed by atoms with E-state index >= 15 is 0 Å². The third kappa shape index (κ3) is 2.94. The fraction of sp³-hybridized carbons (Fsp3) is 0.167. The molecule has 0 aliphatic rings. The summed E-state index contributed by atoms with van der Waals surface area (Å²) >= 11 is 0. The van der Waals surface area contributed by atoms with E-state index in [0.29, 0.717) is 6.54 Å². The minimum Gasteiger partial charge on any atom is -0.363 e. The van der Waals surface area contributed by atoms with Gasteiger partial charge in [0.2, 0.25) is 0 Å². The fourth-order valence-corrected chi connectivity index (χ4v) is 1.57. The fourth-order valence-electron chi connectivity index (χ4n) is 1.57. The first kappa shape index (κ1) is 13.2. The zero-order valence-electron chi connectivity index (χ0n) is 10.2. The van der Waals surface area contributed by atoms with Crippen molar-refractivity contribution in [3.63, 3.8) is 0 Å². The van der Waals surface area contributed by atoms with Gasteiger partial charge in [0.15, 0.2) is 23.3 Å². The van der Waals surface area contributed by atoms with E-state index in [9.17, 15) is 8.78 Å². The van der Waals surface area contributed by atoms with Gasteiger partial charge in [0, 0.05) is 25.0 Å². The maximum atomic E-state index is 13.5. The van der Waals surface area contributed by atoms with Gasteiger partial charge in [-0.25, -0.2) is 19.6 Å². The molecular weight excluding hydrogens is 252 g/mol. The molecule has 0 aliphatic carbocycles. The number of hydrazine groups is 1. The summed E-state index contributed by atoms with van der Waals surface area (Å²) in [6.07, 6.45) is 3.35. The summed E-state index contributed by atoms with van der Waals surface area (Å²) in [5.41, 5.74) is 3.98. The van der Waals surface area contributed by atoms with Gasteiger partial charge in [0.1, 0.15) is 0 Å². The third-order valence-corrected chi connectivity index (χ3v) is 2.65. The number of nitrogens with one attached hydrogen (secondary N) is 2. The van der Waals surface area contributed by atoms with E-state index in [1.165, 1.54) is 0 Å². The van der Waals surface area contributed by atoms with E-state index in [4.69, 9.17) is 5.84 Å². The molecule has 2 aromatic rings. The number of anilines is 2. The van der Waals surface area contributed by atoms with E-state index in [1.54, 1.807) is 12.4 Å². The highest BCUT2D eigenvalue weighted by molar-refractivity contribution is 5.47. The van der Waals surface area contributed by atoms with Crippen molar-refractivity contribution in [1.29, 1.82) is 0 Å². The SMILES string of the molecule is Cc1cnccc1CNc1nc(NN)c(F)cc1F. The smallest absolute Gasteiger partial charge is 0.178 e. The van der Waals surface area contributed by atoms with Crippen molar-refractivity contribution in [1.82, 2.24) is 9.97 Å². The van der Waals surface area contributed by atoms with Crippen LogP contribution < -0.4 is 16.6 Å². The number of nitrogen functional groups attached to an aromatic ring is 1. The monoisotopic (exact) mass is 265 g/mol. The zero-order chi connectivity index (χ0) is 13.8. The molecule has 0 bridgehead atoms. The van der Waals surface area contributed by atoms with Crippen molar-refractivity contribution >= 4 is 11.6 Å². The molecule has 0 fully saturated rings. The molecule has 0 unspecified atom stereocenters. The second-order valence-electron chi connectivity index (χ2n) is 3.95. The summed E-state index contributed by atoms with van der Waals surface area (Å²) in [5.74, 6) is 3.20. The van der Waals surface area contributed by atoms with Crippen molar-refractivity contribution in [2.75, 3.05) is 10.7 Å². The molecule has 0 aromatic carbocycles. The first-order chi connectivity index (χ1) is 9.11. The lowest BCUT2D eigenvalue weighted by atomic mass is 10.1. The Labute approximate surface area is 108 Å². The summed E-state index contributed by atoms with van der Waals surface area (Å²) in [6.45, 7) is 2.25. The quantitative estimate of drug-likeness (QED) is 0.582. The van der Waals surface area contributed by atoms with Crippen LogP contribution in [0.25, 0.3) is 0 Å². The van der Waals surface area contributed by atoms with E-state index in [0.717, 1.165) is 17.2 Å². The Kier molecular flexibility index (Phi) is 3.86. The zero-order valence-corrected chi connectivity index (χ0v) is 10.2. The number of aromatic nitrogens is 2. The Balaban J connectivity index is 2.18. The van der Waals surface area contributed by atoms with Crippen LogP contribution in [0.5, 0.6) is 0 Å². The van der Waals surface area contributed by atoms with Gasteiger partial charge in [-0.1, -0.05) is 0 Å². The second kappa shape index (κ2) is 5.57. The lowest BCUT2D eigenvalue weighted by Crippen LogP contribution is -2.13. The standard InChI is InChI=1S/C12H13F2N5/c1-7-5-16-3-2-8(7)6-17-11-9(13)4-10(14)12(18-11)19-15/h2-5H,6,15H2,1H3,(H2,17,18,19). The van der Waals surface area contributed by atoms with Gasteiger partial charge in [-0.3, -0.25) is 4.98 Å². The summed E-state index contributed by atoms with van der Waals surface area (Å²) in [7, 11) is 0. The minimum absolute atomic E-state index is 0.0643. The third-order valence-electron chi connectivity index (χ3n) is 2.65. The highest BCUT2D eigenvalue weighted by Crippen LogP contribution is 2.19. The molecule has 2 rings (SSSR count). The number of nitrogens with zero attached hydrogens (tertiary/aromatic N) is 2. The van der Waals surface area contributed by atoms with E-state index in [-0.39, 0.29) is 11.6 Å². The highest BCUT2D eigenvalue weighted by atomic mass is 19.1. The van der Waals surface area contributed by atoms with Gasteiger partial charge in [0.25, 0.3) is 0 Å². The number of halogens is 2. The Bertz CT molecular complexity index is 588. The first-order valence-corrected chi connectivity index (χ1v) is 5.58. The van der Waals surface area contributed by atoms with Crippen molar-refractivity contribution in [2.45, 2.75) is 13.5 Å². The van der Waals surface area contributed by atoms with E-state index in [1.807, 2.05) is 13.0 Å². The molecule has 0 amide bonds. The van der Waals surface area contributed by atoms with Crippen LogP contribution in [-0.4, -0.2) is 9.97 Å². The largest absolute Gasteiger partial charge is 0.363 e. The average Bonchev–Trinajstić information content (AvgIpc) is 2.39. The summed E-state index contributed by atoms with van der Waals surface area (Å²) in [6, 6.07) is 2.54. The molecule has 0 aliphatic heterocycles. The van der Waals surface area contributed by atoms with Crippen LogP contribution in [-0.2, 0) is 6.54 Å². The van der Waals surface area contributed by atoms with Crippen LogP contribution in [0.4, 0.5) is 20.4 Å². The van der Waals surface area contributed by atoms with Crippen LogP contribution in [0.3, 0.4) is 0 Å². The molecule has 5 nitrogen and oxygen atoms in total. The molecule has 19 heavy (non-hydrogen) atoms. The van der Waals surface area contributed by atoms with Gasteiger partial charge >= 0.3 is 0 Å². The summed E-state index contributed by atoms with van der Waals surface area (Å²) in [5, 5.41) is 2.80. The van der Waals surface area contributed by atoms with Crippen molar-refractivity contribution < 1.29 is 8.78 Å². The van der Waals surface area contributed by atoms with Crippen molar-refractivity contribution in [3.05, 3.63) is 47.3 Å². The molecule has 4 N–H and O–H groups in total. The number of rotatable bonds is 4. The van der Waals surface area contributed by atoms with Gasteiger partial charge in [-0.05, 0) is 24.1 Å². The number of aryl methyl sites for hydroxylation is 1. The first-order valence-electron chi connectivity index (χ1n) is 5.58. The predicted octanol–water partition coefficient (Wildman–Crippen LogP) is 1.96. The lowest BCUT2D eigenvalue weighted by Gasteiger charge is -2.10. The number of pyridine rings is 2. The normalized spacial score (nSPS) is 10.3. The Hall–Kier alpha value is -2.28. The Morgan fingerprint density at radius 1 is 1.26 bits per heavy atom. The molecule has 100 valence electrons. The van der Waals surface area contributed by atoms with Gasteiger partial charge in [0.05, 0.1) is 0 Å². The van der Waals surface area contributed by atoms with Gasteiger partial charge in [-0.15, -0.1) is 0 Å². The second-order valence-corrected chi connectivity index (χ2v) is 3.95. The molecule has 2 heterocycles. The summed E-state index contributed by atoms with van der Waals surface area (Å²) < 4.78 is 26.7. The number of hydrogen-bond donors (Lipinski definition) is 3. The molecule has 2 aromatic heterocycles. The molecule has 0 atom stereocenters. The molecule has 0 radical (unpaired) electrons. The molecule has 0 saturated carbocycles. The lowest BCUT2D eigenvalue weighted by molar-refractivity contribution is 0.578. The molecule has 0 spiro atoms. The van der Waals surface area contributed by atoms with Crippen molar-refractivity contribution in [3.8, 4) is 0 Å². The van der Waals surface area contributed by atoms with E-state index in [2.05, 4.69) is 20.7 Å².